The summed E-state index contributed by atoms with van der Waals surface area (Å²) in [6.07, 6.45) is 84.9. The number of hydrogen-bond acceptors (Lipinski definition) is 6. The smallest absolute Gasteiger partial charge is 0.306 e. The highest BCUT2D eigenvalue weighted by molar-refractivity contribution is 5.71. The second-order valence-corrected chi connectivity index (χ2v) is 24.1. The average Bonchev–Trinajstić information content (AvgIpc) is 3.45. The number of esters is 3. The number of ether oxygens (including phenoxy) is 3. The lowest BCUT2D eigenvalue weighted by Crippen LogP contribution is -2.30. The van der Waals surface area contributed by atoms with Gasteiger partial charge in [0.05, 0.1) is 0 Å². The third kappa shape index (κ3) is 66.3. The fourth-order valence-corrected chi connectivity index (χ4v) is 10.8. The van der Waals surface area contributed by atoms with Gasteiger partial charge in [-0.1, -0.05) is 333 Å². The van der Waals surface area contributed by atoms with Gasteiger partial charge in [-0.15, -0.1) is 0 Å². The summed E-state index contributed by atoms with van der Waals surface area (Å²) in [6.45, 7) is 6.64. The molecule has 0 aromatic carbocycles. The van der Waals surface area contributed by atoms with Crippen molar-refractivity contribution in [2.45, 2.75) is 399 Å². The highest BCUT2D eigenvalue weighted by atomic mass is 16.6. The third-order valence-corrected chi connectivity index (χ3v) is 16.1. The second-order valence-electron chi connectivity index (χ2n) is 24.1. The molecule has 0 aromatic heterocycles. The number of rotatable bonds is 66. The van der Waals surface area contributed by atoms with Crippen LogP contribution in [0.15, 0.2) is 36.5 Å². The molecule has 79 heavy (non-hydrogen) atoms. The van der Waals surface area contributed by atoms with Crippen molar-refractivity contribution in [3.63, 3.8) is 0 Å². The lowest BCUT2D eigenvalue weighted by Gasteiger charge is -2.18. The number of carbonyl (C=O) groups excluding carboxylic acids is 3. The Balaban J connectivity index is 4.07. The van der Waals surface area contributed by atoms with Crippen molar-refractivity contribution in [2.24, 2.45) is 0 Å². The molecule has 1 unspecified atom stereocenters. The Morgan fingerprint density at radius 3 is 0.747 bits per heavy atom. The van der Waals surface area contributed by atoms with Gasteiger partial charge >= 0.3 is 17.9 Å². The van der Waals surface area contributed by atoms with Crippen LogP contribution in [0.3, 0.4) is 0 Å². The van der Waals surface area contributed by atoms with Crippen LogP contribution in [0.5, 0.6) is 0 Å². The van der Waals surface area contributed by atoms with Crippen LogP contribution in [0.4, 0.5) is 0 Å². The number of hydrogen-bond donors (Lipinski definition) is 0. The maximum absolute atomic E-state index is 12.9. The zero-order valence-electron chi connectivity index (χ0n) is 53.4. The summed E-state index contributed by atoms with van der Waals surface area (Å²) in [4.78, 5) is 38.3. The van der Waals surface area contributed by atoms with Crippen molar-refractivity contribution in [3.8, 4) is 0 Å². The molecule has 0 saturated heterocycles. The molecule has 0 aromatic rings. The van der Waals surface area contributed by atoms with Crippen LogP contribution >= 0.6 is 0 Å². The van der Waals surface area contributed by atoms with Gasteiger partial charge in [-0.2, -0.15) is 0 Å². The van der Waals surface area contributed by atoms with Gasteiger partial charge in [0.2, 0.25) is 0 Å². The van der Waals surface area contributed by atoms with E-state index in [-0.39, 0.29) is 31.1 Å². The van der Waals surface area contributed by atoms with Crippen molar-refractivity contribution >= 4 is 17.9 Å². The average molecular weight is 1110 g/mol. The maximum Gasteiger partial charge on any atom is 0.306 e. The highest BCUT2D eigenvalue weighted by Crippen LogP contribution is 2.19. The minimum absolute atomic E-state index is 0.0766. The predicted octanol–water partition coefficient (Wildman–Crippen LogP) is 24.3. The Bertz CT molecular complexity index is 1320. The Labute approximate surface area is 493 Å². The summed E-state index contributed by atoms with van der Waals surface area (Å²) in [5.41, 5.74) is 0. The standard InChI is InChI=1S/C73H136O6/c1-4-7-10-13-16-19-22-25-27-29-30-31-32-33-34-35-36-37-38-39-40-41-42-43-44-45-47-48-51-54-57-60-63-66-72(75)78-69-70(68-77-71(74)65-62-59-56-53-50-24-21-18-15-12-9-6-3)79-73(76)67-64-61-58-55-52-49-46-28-26-23-20-17-14-11-8-5-2/h18,20-21,23,28,46,70H,4-17,19,22,24-27,29-45,47-69H2,1-3H3/b21-18-,23-20-,46-28-. The summed E-state index contributed by atoms with van der Waals surface area (Å²) >= 11 is 0. The molecule has 6 nitrogen and oxygen atoms in total. The molecular formula is C73H136O6. The quantitative estimate of drug-likeness (QED) is 0.0261. The highest BCUT2D eigenvalue weighted by Gasteiger charge is 2.19. The van der Waals surface area contributed by atoms with Gasteiger partial charge < -0.3 is 14.2 Å². The van der Waals surface area contributed by atoms with Crippen molar-refractivity contribution in [1.82, 2.24) is 0 Å². The molecule has 0 aliphatic heterocycles. The molecule has 0 spiro atoms. The maximum atomic E-state index is 12.9. The Kier molecular flexibility index (Phi) is 66.1. The lowest BCUT2D eigenvalue weighted by atomic mass is 10.0. The van der Waals surface area contributed by atoms with Crippen molar-refractivity contribution in [2.75, 3.05) is 13.2 Å². The minimum Gasteiger partial charge on any atom is -0.462 e. The van der Waals surface area contributed by atoms with E-state index in [2.05, 4.69) is 57.2 Å². The fraction of sp³-hybridized carbons (Fsp3) is 0.877. The van der Waals surface area contributed by atoms with Gasteiger partial charge in [0.1, 0.15) is 13.2 Å². The summed E-state index contributed by atoms with van der Waals surface area (Å²) < 4.78 is 16.9. The van der Waals surface area contributed by atoms with Crippen LogP contribution in [-0.2, 0) is 28.6 Å². The van der Waals surface area contributed by atoms with E-state index in [4.69, 9.17) is 14.2 Å². The molecular weight excluding hydrogens is 973 g/mol. The van der Waals surface area contributed by atoms with Crippen LogP contribution in [0.25, 0.3) is 0 Å². The molecule has 6 heteroatoms. The van der Waals surface area contributed by atoms with Crippen LogP contribution in [0.2, 0.25) is 0 Å². The van der Waals surface area contributed by atoms with Crippen molar-refractivity contribution in [3.05, 3.63) is 36.5 Å². The van der Waals surface area contributed by atoms with Crippen molar-refractivity contribution in [1.29, 1.82) is 0 Å². The second kappa shape index (κ2) is 68.1. The van der Waals surface area contributed by atoms with Crippen LogP contribution in [0.1, 0.15) is 393 Å². The molecule has 0 bridgehead atoms. The molecule has 0 N–H and O–H groups in total. The topological polar surface area (TPSA) is 78.9 Å². The monoisotopic (exact) mass is 1110 g/mol. The molecule has 0 rings (SSSR count). The third-order valence-electron chi connectivity index (χ3n) is 16.1. The lowest BCUT2D eigenvalue weighted by molar-refractivity contribution is -0.167. The van der Waals surface area contributed by atoms with Crippen LogP contribution in [-0.4, -0.2) is 37.2 Å². The SMILES string of the molecule is CCCCC/C=C\CCCCCCCC(=O)OCC(COC(=O)CCCCCCCCCCCCCCCCCCCCCCCCCCCCCCCCCCC)OC(=O)CCCCCCC/C=C\C/C=C\CCCCCC. The van der Waals surface area contributed by atoms with E-state index >= 15 is 0 Å². The van der Waals surface area contributed by atoms with E-state index in [9.17, 15) is 14.4 Å². The van der Waals surface area contributed by atoms with Crippen LogP contribution in [0, 0.1) is 0 Å². The molecule has 0 amide bonds. The molecule has 464 valence electrons. The molecule has 0 fully saturated rings. The summed E-state index contributed by atoms with van der Waals surface area (Å²) in [7, 11) is 0. The molecule has 0 aliphatic rings. The van der Waals surface area contributed by atoms with Gasteiger partial charge in [-0.25, -0.2) is 0 Å². The first-order valence-corrected chi connectivity index (χ1v) is 35.5. The van der Waals surface area contributed by atoms with Gasteiger partial charge in [-0.05, 0) is 77.0 Å². The van der Waals surface area contributed by atoms with Gasteiger partial charge in [0, 0.05) is 19.3 Å². The van der Waals surface area contributed by atoms with Gasteiger partial charge in [0.25, 0.3) is 0 Å². The van der Waals surface area contributed by atoms with E-state index < -0.39 is 6.10 Å². The van der Waals surface area contributed by atoms with Crippen molar-refractivity contribution < 1.29 is 28.6 Å². The first kappa shape index (κ1) is 76.6. The first-order valence-electron chi connectivity index (χ1n) is 35.5. The molecule has 0 saturated carbocycles. The first-order chi connectivity index (χ1) is 39.0. The normalized spacial score (nSPS) is 12.2. The van der Waals surface area contributed by atoms with E-state index in [0.717, 1.165) is 89.9 Å². The Morgan fingerprint density at radius 2 is 0.456 bits per heavy atom. The summed E-state index contributed by atoms with van der Waals surface area (Å²) in [5.74, 6) is -0.877. The number of carbonyl (C=O) groups is 3. The van der Waals surface area contributed by atoms with Crippen LogP contribution < -0.4 is 0 Å². The van der Waals surface area contributed by atoms with E-state index in [0.29, 0.717) is 19.3 Å². The van der Waals surface area contributed by atoms with Gasteiger partial charge in [-0.3, -0.25) is 14.4 Å². The number of unbranched alkanes of at least 4 members (excludes halogenated alkanes) is 49. The summed E-state index contributed by atoms with van der Waals surface area (Å²) in [5, 5.41) is 0. The minimum atomic E-state index is -0.781. The Morgan fingerprint density at radius 1 is 0.253 bits per heavy atom. The predicted molar refractivity (Wildman–Crippen MR) is 344 cm³/mol. The zero-order chi connectivity index (χ0) is 57.1. The largest absolute Gasteiger partial charge is 0.462 e. The van der Waals surface area contributed by atoms with Gasteiger partial charge in [0.15, 0.2) is 6.10 Å². The molecule has 0 radical (unpaired) electrons. The molecule has 1 atom stereocenters. The Hall–Kier alpha value is -2.37. The van der Waals surface area contributed by atoms with E-state index in [1.807, 2.05) is 0 Å². The molecule has 0 heterocycles. The molecule has 0 aliphatic carbocycles. The van der Waals surface area contributed by atoms with E-state index in [1.54, 1.807) is 0 Å². The fourth-order valence-electron chi connectivity index (χ4n) is 10.8. The van der Waals surface area contributed by atoms with E-state index in [1.165, 1.54) is 263 Å². The zero-order valence-corrected chi connectivity index (χ0v) is 53.4. The summed E-state index contributed by atoms with van der Waals surface area (Å²) in [6, 6.07) is 0. The number of allylic oxidation sites excluding steroid dienone is 6.